The van der Waals surface area contributed by atoms with Gasteiger partial charge in [-0.25, -0.2) is 8.60 Å². The van der Waals surface area contributed by atoms with Crippen molar-refractivity contribution in [2.45, 2.75) is 44.3 Å². The van der Waals surface area contributed by atoms with Crippen LogP contribution in [0.3, 0.4) is 0 Å². The first kappa shape index (κ1) is 19.2. The summed E-state index contributed by atoms with van der Waals surface area (Å²) in [5.41, 5.74) is 2.58. The summed E-state index contributed by atoms with van der Waals surface area (Å²) < 4.78 is 40.1. The van der Waals surface area contributed by atoms with E-state index in [2.05, 4.69) is 20.8 Å². The van der Waals surface area contributed by atoms with Gasteiger partial charge < -0.3 is 9.47 Å². The van der Waals surface area contributed by atoms with Crippen molar-refractivity contribution < 1.29 is 22.3 Å². The van der Waals surface area contributed by atoms with E-state index in [1.807, 2.05) is 12.1 Å². The van der Waals surface area contributed by atoms with Crippen LogP contribution in [0.5, 0.6) is 0 Å². The largest absolute Gasteiger partial charge is 0.380 e. The van der Waals surface area contributed by atoms with Gasteiger partial charge in [0.05, 0.1) is 24.7 Å². The van der Waals surface area contributed by atoms with Gasteiger partial charge in [-0.1, -0.05) is 32.9 Å². The summed E-state index contributed by atoms with van der Waals surface area (Å²) in [4.78, 5) is 0.519. The van der Waals surface area contributed by atoms with Crippen molar-refractivity contribution >= 4 is 11.1 Å². The van der Waals surface area contributed by atoms with E-state index in [1.165, 1.54) is 0 Å². The van der Waals surface area contributed by atoms with Crippen LogP contribution in [-0.4, -0.2) is 31.7 Å². The third-order valence-electron chi connectivity index (χ3n) is 3.14. The average Bonchev–Trinajstić information content (AvgIpc) is 2.44. The molecule has 0 aliphatic carbocycles. The lowest BCUT2D eigenvalue weighted by Crippen LogP contribution is -2.16. The Balaban J connectivity index is 3.39. The Kier molecular flexibility index (Phi) is 7.62. The van der Waals surface area contributed by atoms with Crippen LogP contribution >= 0.6 is 0 Å². The van der Waals surface area contributed by atoms with E-state index < -0.39 is 17.8 Å². The van der Waals surface area contributed by atoms with Crippen LogP contribution in [0, 0.1) is 0 Å². The molecule has 0 spiro atoms. The standard InChI is InChI=1S/C16H25FO4S/c1-16(2,3)14-8-12(10-19-4)15(13(9-14)11-20-5)22(18)21-7-6-17/h8-9H,6-7,10-11H2,1-5H3. The predicted molar refractivity (Wildman–Crippen MR) is 84.9 cm³/mol. The fourth-order valence-corrected chi connectivity index (χ4v) is 3.09. The Hall–Kier alpha value is -0.820. The summed E-state index contributed by atoms with van der Waals surface area (Å²) in [6.45, 7) is 6.04. The fraction of sp³-hybridized carbons (Fsp3) is 0.625. The number of rotatable bonds is 8. The van der Waals surface area contributed by atoms with Crippen molar-refractivity contribution in [3.8, 4) is 0 Å². The minimum Gasteiger partial charge on any atom is -0.380 e. The monoisotopic (exact) mass is 332 g/mol. The smallest absolute Gasteiger partial charge is 0.189 e. The second-order valence-corrected chi connectivity index (χ2v) is 7.10. The highest BCUT2D eigenvalue weighted by Gasteiger charge is 2.22. The van der Waals surface area contributed by atoms with E-state index in [-0.39, 0.29) is 12.0 Å². The maximum atomic E-state index is 12.4. The van der Waals surface area contributed by atoms with Crippen LogP contribution in [0.15, 0.2) is 17.0 Å². The van der Waals surface area contributed by atoms with E-state index >= 15 is 0 Å². The average molecular weight is 332 g/mol. The number of hydrogen-bond acceptors (Lipinski definition) is 4. The summed E-state index contributed by atoms with van der Waals surface area (Å²) >= 11 is -1.74. The summed E-state index contributed by atoms with van der Waals surface area (Å²) in [6.07, 6.45) is 0. The molecule has 1 rings (SSSR count). The zero-order chi connectivity index (χ0) is 16.8. The molecule has 1 aromatic carbocycles. The Morgan fingerprint density at radius 1 is 1.09 bits per heavy atom. The van der Waals surface area contributed by atoms with Gasteiger partial charge in [-0.3, -0.25) is 4.18 Å². The Morgan fingerprint density at radius 3 is 1.95 bits per heavy atom. The molecule has 0 amide bonds. The first-order chi connectivity index (χ1) is 10.3. The van der Waals surface area contributed by atoms with Gasteiger partial charge >= 0.3 is 0 Å². The third-order valence-corrected chi connectivity index (χ3v) is 4.38. The van der Waals surface area contributed by atoms with Gasteiger partial charge in [0, 0.05) is 14.2 Å². The summed E-state index contributed by atoms with van der Waals surface area (Å²) in [5, 5.41) is 0. The Morgan fingerprint density at radius 2 is 1.59 bits per heavy atom. The molecule has 0 aliphatic heterocycles. The quantitative estimate of drug-likeness (QED) is 0.733. The lowest BCUT2D eigenvalue weighted by molar-refractivity contribution is 0.175. The van der Waals surface area contributed by atoms with Crippen molar-refractivity contribution in [2.75, 3.05) is 27.5 Å². The Labute approximate surface area is 134 Å². The van der Waals surface area contributed by atoms with E-state index in [0.29, 0.717) is 18.1 Å². The lowest BCUT2D eigenvalue weighted by Gasteiger charge is -2.23. The molecule has 0 N–H and O–H groups in total. The van der Waals surface area contributed by atoms with Crippen molar-refractivity contribution in [1.82, 2.24) is 0 Å². The van der Waals surface area contributed by atoms with Gasteiger partial charge in [0.15, 0.2) is 11.1 Å². The van der Waals surface area contributed by atoms with Crippen molar-refractivity contribution in [3.05, 3.63) is 28.8 Å². The first-order valence-corrected chi connectivity index (χ1v) is 8.17. The second-order valence-electron chi connectivity index (χ2n) is 5.99. The molecule has 0 aliphatic rings. The van der Waals surface area contributed by atoms with Gasteiger partial charge in [-0.05, 0) is 22.1 Å². The number of methoxy groups -OCH3 is 2. The summed E-state index contributed by atoms with van der Waals surface area (Å²) in [5.74, 6) is 0. The first-order valence-electron chi connectivity index (χ1n) is 7.10. The minimum absolute atomic E-state index is 0.0647. The highest BCUT2D eigenvalue weighted by Crippen LogP contribution is 2.30. The minimum atomic E-state index is -1.74. The van der Waals surface area contributed by atoms with Crippen molar-refractivity contribution in [2.24, 2.45) is 0 Å². The van der Waals surface area contributed by atoms with E-state index in [1.54, 1.807) is 14.2 Å². The molecule has 0 saturated heterocycles. The number of benzene rings is 1. The number of hydrogen-bond donors (Lipinski definition) is 0. The number of alkyl halides is 1. The van der Waals surface area contributed by atoms with Crippen molar-refractivity contribution in [1.29, 1.82) is 0 Å². The molecule has 0 bridgehead atoms. The van der Waals surface area contributed by atoms with Crippen LogP contribution in [0.2, 0.25) is 0 Å². The maximum Gasteiger partial charge on any atom is 0.189 e. The summed E-state index contributed by atoms with van der Waals surface area (Å²) in [7, 11) is 3.16. The van der Waals surface area contributed by atoms with Crippen molar-refractivity contribution in [3.63, 3.8) is 0 Å². The molecule has 1 atom stereocenters. The molecule has 0 heterocycles. The molecule has 4 nitrogen and oxygen atoms in total. The number of halogens is 1. The van der Waals surface area contributed by atoms with E-state index in [0.717, 1.165) is 16.7 Å². The molecule has 0 radical (unpaired) electrons. The molecule has 22 heavy (non-hydrogen) atoms. The number of ether oxygens (including phenoxy) is 2. The molecule has 126 valence electrons. The van der Waals surface area contributed by atoms with Gasteiger partial charge in [0.25, 0.3) is 0 Å². The van der Waals surface area contributed by atoms with Gasteiger partial charge in [0.1, 0.15) is 6.67 Å². The van der Waals surface area contributed by atoms with Crippen LogP contribution in [-0.2, 0) is 43.4 Å². The molecule has 0 fully saturated rings. The normalized spacial score (nSPS) is 13.4. The van der Waals surface area contributed by atoms with Gasteiger partial charge in [-0.2, -0.15) is 0 Å². The highest BCUT2D eigenvalue weighted by molar-refractivity contribution is 7.80. The van der Waals surface area contributed by atoms with E-state index in [9.17, 15) is 8.60 Å². The summed E-state index contributed by atoms with van der Waals surface area (Å²) in [6, 6.07) is 3.93. The lowest BCUT2D eigenvalue weighted by atomic mass is 9.85. The van der Waals surface area contributed by atoms with Gasteiger partial charge in [-0.15, -0.1) is 0 Å². The van der Waals surface area contributed by atoms with Crippen LogP contribution < -0.4 is 0 Å². The second kappa shape index (κ2) is 8.72. The highest BCUT2D eigenvalue weighted by atomic mass is 32.2. The zero-order valence-electron chi connectivity index (χ0n) is 13.9. The van der Waals surface area contributed by atoms with Gasteiger partial charge in [0.2, 0.25) is 0 Å². The van der Waals surface area contributed by atoms with Crippen LogP contribution in [0.25, 0.3) is 0 Å². The molecule has 0 saturated carbocycles. The molecular weight excluding hydrogens is 307 g/mol. The van der Waals surface area contributed by atoms with Crippen LogP contribution in [0.4, 0.5) is 4.39 Å². The fourth-order valence-electron chi connectivity index (χ4n) is 2.09. The molecule has 0 aromatic heterocycles. The SMILES string of the molecule is COCc1cc(C(C)(C)C)cc(COC)c1S(=O)OCCF. The third kappa shape index (κ3) is 5.12. The molecule has 1 aromatic rings. The molecule has 1 unspecified atom stereocenters. The zero-order valence-corrected chi connectivity index (χ0v) is 14.7. The van der Waals surface area contributed by atoms with Crippen LogP contribution in [0.1, 0.15) is 37.5 Å². The van der Waals surface area contributed by atoms with E-state index in [4.69, 9.17) is 13.7 Å². The maximum absolute atomic E-state index is 12.4. The molecule has 6 heteroatoms. The predicted octanol–water partition coefficient (Wildman–Crippen LogP) is 3.29. The molecular formula is C16H25FO4S. The Bertz CT molecular complexity index is 484. The topological polar surface area (TPSA) is 44.8 Å².